The number of halogens is 4. The second-order valence-electron chi connectivity index (χ2n) is 6.42. The van der Waals surface area contributed by atoms with Crippen molar-refractivity contribution in [3.05, 3.63) is 28.2 Å². The number of piperidine rings is 1. The third-order valence-electron chi connectivity index (χ3n) is 4.60. The molecule has 23 heavy (non-hydrogen) atoms. The molecule has 2 saturated heterocycles. The van der Waals surface area contributed by atoms with Crippen LogP contribution in [0.15, 0.2) is 22.7 Å². The van der Waals surface area contributed by atoms with Gasteiger partial charge in [0.05, 0.1) is 5.56 Å². The van der Waals surface area contributed by atoms with E-state index >= 15 is 0 Å². The van der Waals surface area contributed by atoms with Crippen LogP contribution in [0, 0.1) is 5.92 Å². The maximum Gasteiger partial charge on any atom is 0.417 e. The molecule has 1 aromatic carbocycles. The highest BCUT2D eigenvalue weighted by Crippen LogP contribution is 2.37. The van der Waals surface area contributed by atoms with Gasteiger partial charge in [0.2, 0.25) is 5.91 Å². The van der Waals surface area contributed by atoms with Crippen molar-refractivity contribution in [1.82, 2.24) is 5.32 Å². The van der Waals surface area contributed by atoms with Gasteiger partial charge in [0, 0.05) is 28.7 Å². The fraction of sp³-hybridized carbons (Fsp3) is 0.562. The number of carbonyl (C=O) groups is 1. The highest BCUT2D eigenvalue weighted by molar-refractivity contribution is 9.10. The monoisotopic (exact) mass is 390 g/mol. The lowest BCUT2D eigenvalue weighted by Crippen LogP contribution is -2.39. The van der Waals surface area contributed by atoms with Gasteiger partial charge in [-0.3, -0.25) is 4.79 Å². The molecule has 2 unspecified atom stereocenters. The van der Waals surface area contributed by atoms with Gasteiger partial charge >= 0.3 is 6.18 Å². The lowest BCUT2D eigenvalue weighted by atomic mass is 9.89. The number of nitrogens with one attached hydrogen (secondary N) is 2. The van der Waals surface area contributed by atoms with Crippen LogP contribution in [0.2, 0.25) is 0 Å². The van der Waals surface area contributed by atoms with Crippen molar-refractivity contribution in [2.24, 2.45) is 5.92 Å². The van der Waals surface area contributed by atoms with Crippen LogP contribution in [0.1, 0.15) is 37.7 Å². The Balaban J connectivity index is 1.62. The van der Waals surface area contributed by atoms with E-state index in [9.17, 15) is 18.0 Å². The zero-order valence-corrected chi connectivity index (χ0v) is 14.0. The van der Waals surface area contributed by atoms with E-state index in [1.165, 1.54) is 12.1 Å². The maximum atomic E-state index is 12.9. The average Bonchev–Trinajstić information content (AvgIpc) is 2.79. The molecule has 0 saturated carbocycles. The molecule has 0 aromatic heterocycles. The molecule has 126 valence electrons. The Bertz CT molecular complexity index is 593. The number of fused-ring (bicyclic) bond motifs is 2. The van der Waals surface area contributed by atoms with E-state index in [4.69, 9.17) is 0 Å². The van der Waals surface area contributed by atoms with E-state index in [1.54, 1.807) is 0 Å². The molecule has 0 radical (unpaired) electrons. The summed E-state index contributed by atoms with van der Waals surface area (Å²) in [6, 6.07) is 4.74. The van der Waals surface area contributed by atoms with Crippen molar-refractivity contribution in [3.63, 3.8) is 0 Å². The third-order valence-corrected chi connectivity index (χ3v) is 5.29. The van der Waals surface area contributed by atoms with Gasteiger partial charge in [-0.05, 0) is 49.8 Å². The Morgan fingerprint density at radius 3 is 2.52 bits per heavy atom. The Kier molecular flexibility index (Phi) is 4.69. The average molecular weight is 391 g/mol. The van der Waals surface area contributed by atoms with Gasteiger partial charge in [-0.2, -0.15) is 13.2 Å². The smallest absolute Gasteiger partial charge is 0.326 e. The van der Waals surface area contributed by atoms with Crippen LogP contribution in [0.25, 0.3) is 0 Å². The first-order chi connectivity index (χ1) is 10.8. The van der Waals surface area contributed by atoms with Crippen LogP contribution in [0.4, 0.5) is 18.9 Å². The highest BCUT2D eigenvalue weighted by Gasteiger charge is 2.35. The minimum atomic E-state index is -4.45. The van der Waals surface area contributed by atoms with Crippen molar-refractivity contribution >= 4 is 27.5 Å². The van der Waals surface area contributed by atoms with Gasteiger partial charge in [0.25, 0.3) is 0 Å². The van der Waals surface area contributed by atoms with Gasteiger partial charge < -0.3 is 10.6 Å². The minimum absolute atomic E-state index is 0.0297. The molecule has 2 heterocycles. The number of carbonyl (C=O) groups excluding carboxylic acids is 1. The molecule has 0 spiro atoms. The number of anilines is 1. The molecule has 3 rings (SSSR count). The van der Waals surface area contributed by atoms with Crippen molar-refractivity contribution in [2.75, 3.05) is 5.32 Å². The number of benzene rings is 1. The molecule has 2 bridgehead atoms. The van der Waals surface area contributed by atoms with Crippen LogP contribution in [-0.4, -0.2) is 18.0 Å². The minimum Gasteiger partial charge on any atom is -0.326 e. The molecule has 2 fully saturated rings. The van der Waals surface area contributed by atoms with E-state index in [1.807, 2.05) is 0 Å². The molecular weight excluding hydrogens is 373 g/mol. The molecule has 2 aliphatic heterocycles. The van der Waals surface area contributed by atoms with Gasteiger partial charge in [-0.15, -0.1) is 0 Å². The first-order valence-electron chi connectivity index (χ1n) is 7.74. The maximum absolute atomic E-state index is 12.9. The zero-order chi connectivity index (χ0) is 16.6. The van der Waals surface area contributed by atoms with Crippen LogP contribution in [0.3, 0.4) is 0 Å². The molecule has 3 nitrogen and oxygen atoms in total. The Morgan fingerprint density at radius 2 is 1.91 bits per heavy atom. The largest absolute Gasteiger partial charge is 0.417 e. The Labute approximate surface area is 141 Å². The van der Waals surface area contributed by atoms with Crippen LogP contribution < -0.4 is 10.6 Å². The summed E-state index contributed by atoms with van der Waals surface area (Å²) in [4.78, 5) is 12.1. The quantitative estimate of drug-likeness (QED) is 0.806. The number of rotatable bonds is 3. The lowest BCUT2D eigenvalue weighted by molar-refractivity contribution is -0.138. The summed E-state index contributed by atoms with van der Waals surface area (Å²) in [5.41, 5.74) is -0.599. The van der Waals surface area contributed by atoms with Crippen LogP contribution in [-0.2, 0) is 11.0 Å². The SMILES string of the molecule is O=C(CC1CC2CCC(C1)N2)Nc1ccc(Br)c(C(F)(F)F)c1. The van der Waals surface area contributed by atoms with Gasteiger partial charge in [-0.25, -0.2) is 0 Å². The molecule has 0 aliphatic carbocycles. The second-order valence-corrected chi connectivity index (χ2v) is 7.27. The molecular formula is C16H18BrF3N2O. The van der Waals surface area contributed by atoms with E-state index < -0.39 is 11.7 Å². The third kappa shape index (κ3) is 4.07. The number of hydrogen-bond donors (Lipinski definition) is 2. The van der Waals surface area contributed by atoms with Gasteiger partial charge in [0.1, 0.15) is 0 Å². The fourth-order valence-electron chi connectivity index (χ4n) is 3.64. The summed E-state index contributed by atoms with van der Waals surface area (Å²) in [5.74, 6) is 0.0954. The van der Waals surface area contributed by atoms with Crippen molar-refractivity contribution in [2.45, 2.75) is 50.4 Å². The van der Waals surface area contributed by atoms with Crippen molar-refractivity contribution in [1.29, 1.82) is 0 Å². The molecule has 7 heteroatoms. The van der Waals surface area contributed by atoms with E-state index in [0.29, 0.717) is 24.4 Å². The predicted octanol–water partition coefficient (Wildman–Crippen LogP) is 4.33. The summed E-state index contributed by atoms with van der Waals surface area (Å²) >= 11 is 2.89. The van der Waals surface area contributed by atoms with Crippen LogP contribution >= 0.6 is 15.9 Å². The Hall–Kier alpha value is -1.08. The molecule has 2 aliphatic rings. The topological polar surface area (TPSA) is 41.1 Å². The number of hydrogen-bond acceptors (Lipinski definition) is 2. The molecule has 1 aromatic rings. The first kappa shape index (κ1) is 16.8. The fourth-order valence-corrected chi connectivity index (χ4v) is 4.11. The van der Waals surface area contributed by atoms with Crippen molar-refractivity contribution in [3.8, 4) is 0 Å². The highest BCUT2D eigenvalue weighted by atomic mass is 79.9. The van der Waals surface area contributed by atoms with E-state index in [-0.39, 0.29) is 16.1 Å². The zero-order valence-electron chi connectivity index (χ0n) is 12.4. The lowest BCUT2D eigenvalue weighted by Gasteiger charge is -2.28. The van der Waals surface area contributed by atoms with Gasteiger partial charge in [-0.1, -0.05) is 15.9 Å². The number of alkyl halides is 3. The summed E-state index contributed by atoms with van der Waals surface area (Å²) in [6.45, 7) is 0. The normalized spacial score (nSPS) is 27.0. The summed E-state index contributed by atoms with van der Waals surface area (Å²) in [6.07, 6.45) is 0.172. The Morgan fingerprint density at radius 1 is 1.26 bits per heavy atom. The van der Waals surface area contributed by atoms with Gasteiger partial charge in [0.15, 0.2) is 0 Å². The summed E-state index contributed by atoms with van der Waals surface area (Å²) < 4.78 is 38.6. The molecule has 1 amide bonds. The summed E-state index contributed by atoms with van der Waals surface area (Å²) in [5, 5.41) is 6.11. The van der Waals surface area contributed by atoms with Crippen LogP contribution in [0.5, 0.6) is 0 Å². The van der Waals surface area contributed by atoms with Crippen molar-refractivity contribution < 1.29 is 18.0 Å². The van der Waals surface area contributed by atoms with E-state index in [2.05, 4.69) is 26.6 Å². The second kappa shape index (κ2) is 6.43. The predicted molar refractivity (Wildman–Crippen MR) is 85.1 cm³/mol. The standard InChI is InChI=1S/C16H18BrF3N2O/c17-14-4-3-12(8-13(14)16(18,19)20)22-15(23)7-9-5-10-1-2-11(6-9)21-10/h3-4,8-11,21H,1-2,5-7H2,(H,22,23). The molecule has 2 N–H and O–H groups in total. The first-order valence-corrected chi connectivity index (χ1v) is 8.53. The summed E-state index contributed by atoms with van der Waals surface area (Å²) in [7, 11) is 0. The van der Waals surface area contributed by atoms with E-state index in [0.717, 1.165) is 31.7 Å². The molecule has 2 atom stereocenters. The number of amides is 1.